The van der Waals surface area contributed by atoms with Crippen molar-refractivity contribution < 1.29 is 24.2 Å². The molecule has 0 aliphatic carbocycles. The Balaban J connectivity index is 1.83. The molecule has 3 amide bonds. The van der Waals surface area contributed by atoms with Crippen LogP contribution >= 0.6 is 0 Å². The summed E-state index contributed by atoms with van der Waals surface area (Å²) in [5, 5.41) is 20.9. The average molecular weight is 422 g/mol. The number of aliphatic hydroxyl groups excluding tert-OH is 1. The smallest absolute Gasteiger partial charge is 0.249 e. The summed E-state index contributed by atoms with van der Waals surface area (Å²) in [6.45, 7) is 7.10. The monoisotopic (exact) mass is 422 g/mol. The van der Waals surface area contributed by atoms with Crippen LogP contribution in [0, 0.1) is 5.41 Å². The van der Waals surface area contributed by atoms with E-state index in [1.807, 2.05) is 20.8 Å². The molecule has 0 spiro atoms. The number of carbonyl (C=O) groups is 3. The first kappa shape index (κ1) is 22.2. The molecule has 2 fully saturated rings. The molecule has 0 saturated carbocycles. The molecule has 1 aromatic rings. The van der Waals surface area contributed by atoms with Crippen LogP contribution in [0.2, 0.25) is 0 Å². The summed E-state index contributed by atoms with van der Waals surface area (Å²) >= 11 is 0. The van der Waals surface area contributed by atoms with Gasteiger partial charge in [0.05, 0.1) is 25.5 Å². The van der Waals surface area contributed by atoms with E-state index in [1.165, 1.54) is 16.6 Å². The molecule has 2 saturated heterocycles. The lowest BCUT2D eigenvalue weighted by Crippen LogP contribution is -2.49. The minimum Gasteiger partial charge on any atom is -0.391 e. The van der Waals surface area contributed by atoms with E-state index in [0.717, 1.165) is 0 Å². The largest absolute Gasteiger partial charge is 0.391 e. The average Bonchev–Trinajstić information content (AvgIpc) is 3.28. The third-order valence-electron chi connectivity index (χ3n) is 5.42. The standard InChI is InChI=1S/C19H30N6O5/c1-19(2,3)16(18(29)24-10-13(26)7-14(24)17(28)20-4)25-9-12(21-22-25)8-23-5-6-30-11-15(23)27/h9,13-14,16,26H,5-8,10-11H2,1-4H3,(H,20,28)/t13-,14+,16-/m1/s1. The van der Waals surface area contributed by atoms with Crippen LogP contribution in [-0.2, 0) is 25.7 Å². The SMILES string of the molecule is CNC(=O)[C@@H]1C[C@@H](O)CN1C(=O)[C@@H](n1cc(CN2CCOCC2=O)nn1)C(C)(C)C. The number of likely N-dealkylation sites (N-methyl/N-ethyl adjacent to an activating group) is 1. The van der Waals surface area contributed by atoms with Crippen LogP contribution in [0.3, 0.4) is 0 Å². The van der Waals surface area contributed by atoms with Gasteiger partial charge >= 0.3 is 0 Å². The summed E-state index contributed by atoms with van der Waals surface area (Å²) in [4.78, 5) is 40.8. The molecule has 0 unspecified atom stereocenters. The van der Waals surface area contributed by atoms with E-state index in [9.17, 15) is 19.5 Å². The summed E-state index contributed by atoms with van der Waals surface area (Å²) in [7, 11) is 1.51. The third-order valence-corrected chi connectivity index (χ3v) is 5.42. The van der Waals surface area contributed by atoms with Gasteiger partial charge in [-0.25, -0.2) is 4.68 Å². The van der Waals surface area contributed by atoms with E-state index in [-0.39, 0.29) is 43.8 Å². The van der Waals surface area contributed by atoms with Crippen molar-refractivity contribution in [2.45, 2.75) is 51.9 Å². The molecule has 0 radical (unpaired) electrons. The molecule has 3 atom stereocenters. The van der Waals surface area contributed by atoms with Crippen molar-refractivity contribution in [1.82, 2.24) is 30.1 Å². The molecule has 3 rings (SSSR count). The third kappa shape index (κ3) is 4.62. The molecule has 166 valence electrons. The zero-order valence-electron chi connectivity index (χ0n) is 17.9. The fraction of sp³-hybridized carbons (Fsp3) is 0.737. The van der Waals surface area contributed by atoms with Gasteiger partial charge in [-0.15, -0.1) is 5.10 Å². The quantitative estimate of drug-likeness (QED) is 0.618. The van der Waals surface area contributed by atoms with Gasteiger partial charge in [-0.3, -0.25) is 14.4 Å². The van der Waals surface area contributed by atoms with E-state index in [1.54, 1.807) is 11.1 Å². The molecular weight excluding hydrogens is 392 g/mol. The number of rotatable bonds is 5. The Labute approximate surface area is 175 Å². The number of hydrogen-bond acceptors (Lipinski definition) is 7. The van der Waals surface area contributed by atoms with Gasteiger partial charge < -0.3 is 25.0 Å². The topological polar surface area (TPSA) is 130 Å². The number of nitrogens with one attached hydrogen (secondary N) is 1. The van der Waals surface area contributed by atoms with Crippen LogP contribution in [0.25, 0.3) is 0 Å². The normalized spacial score (nSPS) is 23.6. The Hall–Kier alpha value is -2.53. The van der Waals surface area contributed by atoms with Gasteiger partial charge in [0, 0.05) is 26.6 Å². The Bertz CT molecular complexity index is 804. The van der Waals surface area contributed by atoms with Crippen LogP contribution in [0.5, 0.6) is 0 Å². The summed E-state index contributed by atoms with van der Waals surface area (Å²) in [6.07, 6.45) is 1.11. The van der Waals surface area contributed by atoms with Gasteiger partial charge in [0.15, 0.2) is 0 Å². The maximum atomic E-state index is 13.5. The number of carbonyl (C=O) groups excluding carboxylic acids is 3. The molecule has 1 aromatic heterocycles. The molecule has 2 aliphatic rings. The Kier molecular flexibility index (Phi) is 6.41. The zero-order valence-corrected chi connectivity index (χ0v) is 17.9. The number of hydrogen-bond donors (Lipinski definition) is 2. The first-order valence-electron chi connectivity index (χ1n) is 10.1. The minimum absolute atomic E-state index is 0.0510. The molecule has 11 heteroatoms. The van der Waals surface area contributed by atoms with Gasteiger partial charge in [0.25, 0.3) is 0 Å². The Morgan fingerprint density at radius 2 is 2.13 bits per heavy atom. The predicted molar refractivity (Wildman–Crippen MR) is 105 cm³/mol. The summed E-state index contributed by atoms with van der Waals surface area (Å²) in [6, 6.07) is -1.45. The molecular formula is C19H30N6O5. The minimum atomic E-state index is -0.754. The number of aromatic nitrogens is 3. The highest BCUT2D eigenvalue weighted by Gasteiger charge is 2.45. The van der Waals surface area contributed by atoms with Crippen molar-refractivity contribution in [2.75, 3.05) is 33.4 Å². The lowest BCUT2D eigenvalue weighted by Gasteiger charge is -2.34. The second-order valence-corrected chi connectivity index (χ2v) is 8.84. The maximum absolute atomic E-state index is 13.5. The predicted octanol–water partition coefficient (Wildman–Crippen LogP) is -1.07. The van der Waals surface area contributed by atoms with Crippen molar-refractivity contribution in [2.24, 2.45) is 5.41 Å². The summed E-state index contributed by atoms with van der Waals surface area (Å²) in [5.41, 5.74) is 0.0362. The highest BCUT2D eigenvalue weighted by atomic mass is 16.5. The molecule has 2 N–H and O–H groups in total. The van der Waals surface area contributed by atoms with Crippen LogP contribution in [0.4, 0.5) is 0 Å². The number of amides is 3. The van der Waals surface area contributed by atoms with E-state index in [0.29, 0.717) is 18.8 Å². The molecule has 3 heterocycles. The van der Waals surface area contributed by atoms with Gasteiger partial charge in [0.2, 0.25) is 17.7 Å². The second-order valence-electron chi connectivity index (χ2n) is 8.84. The first-order valence-corrected chi connectivity index (χ1v) is 10.1. The second kappa shape index (κ2) is 8.68. The van der Waals surface area contributed by atoms with Crippen LogP contribution < -0.4 is 5.32 Å². The van der Waals surface area contributed by atoms with Gasteiger partial charge in [-0.05, 0) is 5.41 Å². The lowest BCUT2D eigenvalue weighted by molar-refractivity contribution is -0.144. The molecule has 30 heavy (non-hydrogen) atoms. The maximum Gasteiger partial charge on any atom is 0.249 e. The Morgan fingerprint density at radius 3 is 2.77 bits per heavy atom. The van der Waals surface area contributed by atoms with Crippen molar-refractivity contribution >= 4 is 17.7 Å². The number of aliphatic hydroxyl groups is 1. The summed E-state index contributed by atoms with van der Waals surface area (Å²) in [5.74, 6) is -0.720. The number of ether oxygens (including phenoxy) is 1. The van der Waals surface area contributed by atoms with Crippen molar-refractivity contribution in [3.8, 4) is 0 Å². The van der Waals surface area contributed by atoms with Gasteiger partial charge in [-0.1, -0.05) is 26.0 Å². The van der Waals surface area contributed by atoms with Crippen LogP contribution in [0.1, 0.15) is 38.9 Å². The highest BCUT2D eigenvalue weighted by molar-refractivity contribution is 5.90. The van der Waals surface area contributed by atoms with Gasteiger partial charge in [-0.2, -0.15) is 0 Å². The van der Waals surface area contributed by atoms with Crippen LogP contribution in [0.15, 0.2) is 6.20 Å². The molecule has 11 nitrogen and oxygen atoms in total. The van der Waals surface area contributed by atoms with Crippen LogP contribution in [-0.4, -0.2) is 93.1 Å². The molecule has 0 bridgehead atoms. The lowest BCUT2D eigenvalue weighted by atomic mass is 9.85. The van der Waals surface area contributed by atoms with E-state index < -0.39 is 23.6 Å². The molecule has 2 aliphatic heterocycles. The van der Waals surface area contributed by atoms with E-state index in [2.05, 4.69) is 15.6 Å². The Morgan fingerprint density at radius 1 is 1.40 bits per heavy atom. The van der Waals surface area contributed by atoms with Crippen molar-refractivity contribution in [3.05, 3.63) is 11.9 Å². The fourth-order valence-corrected chi connectivity index (χ4v) is 3.94. The van der Waals surface area contributed by atoms with Gasteiger partial charge in [0.1, 0.15) is 24.4 Å². The number of likely N-dealkylation sites (tertiary alicyclic amines) is 1. The van der Waals surface area contributed by atoms with E-state index >= 15 is 0 Å². The number of morpholine rings is 1. The zero-order chi connectivity index (χ0) is 22.1. The van der Waals surface area contributed by atoms with Crippen molar-refractivity contribution in [3.63, 3.8) is 0 Å². The summed E-state index contributed by atoms with van der Waals surface area (Å²) < 4.78 is 6.63. The fourth-order valence-electron chi connectivity index (χ4n) is 3.94. The number of nitrogens with zero attached hydrogens (tertiary/aromatic N) is 5. The van der Waals surface area contributed by atoms with E-state index in [4.69, 9.17) is 4.74 Å². The van der Waals surface area contributed by atoms with Crippen molar-refractivity contribution in [1.29, 1.82) is 0 Å². The molecule has 0 aromatic carbocycles. The highest BCUT2D eigenvalue weighted by Crippen LogP contribution is 2.34. The number of β-amino-alcohol motifs (C(OH)–C–C–N with tert-alkyl or cyclic N) is 1. The first-order chi connectivity index (χ1) is 14.1.